The van der Waals surface area contributed by atoms with Gasteiger partial charge < -0.3 is 19.7 Å². The van der Waals surface area contributed by atoms with Gasteiger partial charge in [0.25, 0.3) is 15.9 Å². The number of benzene rings is 2. The fourth-order valence-corrected chi connectivity index (χ4v) is 3.93. The number of aromatic nitrogens is 1. The third-order valence-corrected chi connectivity index (χ3v) is 5.87. The largest absolute Gasteiger partial charge is 0.507 e. The predicted octanol–water partition coefficient (Wildman–Crippen LogP) is 3.55. The van der Waals surface area contributed by atoms with Gasteiger partial charge in [0.1, 0.15) is 22.6 Å². The first-order valence-electron chi connectivity index (χ1n) is 9.21. The monoisotopic (exact) mass is 499 g/mol. The Kier molecular flexibility index (Phi) is 6.54. The van der Waals surface area contributed by atoms with Crippen molar-refractivity contribution >= 4 is 33.3 Å². The summed E-state index contributed by atoms with van der Waals surface area (Å²) in [6, 6.07) is 4.97. The van der Waals surface area contributed by atoms with E-state index in [4.69, 9.17) is 4.52 Å². The third-order valence-electron chi connectivity index (χ3n) is 4.51. The number of rotatable bonds is 6. The number of phenolic OH excluding ortho intramolecular Hbond substituents is 1. The highest BCUT2D eigenvalue weighted by molar-refractivity contribution is 7.92. The summed E-state index contributed by atoms with van der Waals surface area (Å²) in [7, 11) is -3.63. The maximum Gasteiger partial charge on any atom is 0.418 e. The normalized spacial score (nSPS) is 11.7. The molecule has 10 nitrogen and oxygen atoms in total. The smallest absolute Gasteiger partial charge is 0.418 e. The van der Waals surface area contributed by atoms with Gasteiger partial charge in [-0.05, 0) is 43.3 Å². The molecule has 0 aliphatic carbocycles. The van der Waals surface area contributed by atoms with Crippen LogP contribution in [0.2, 0.25) is 0 Å². The van der Waals surface area contributed by atoms with Gasteiger partial charge in [-0.3, -0.25) is 9.52 Å². The number of methoxy groups -OCH3 is 1. The van der Waals surface area contributed by atoms with Crippen LogP contribution in [0.3, 0.4) is 0 Å². The zero-order chi connectivity index (χ0) is 25.3. The molecule has 1 aromatic heterocycles. The van der Waals surface area contributed by atoms with Crippen molar-refractivity contribution in [1.82, 2.24) is 5.16 Å². The van der Waals surface area contributed by atoms with Gasteiger partial charge in [-0.25, -0.2) is 13.2 Å². The number of anilines is 2. The minimum absolute atomic E-state index is 0.00655. The van der Waals surface area contributed by atoms with E-state index in [2.05, 4.69) is 15.2 Å². The molecule has 0 atom stereocenters. The molecule has 0 fully saturated rings. The van der Waals surface area contributed by atoms with E-state index < -0.39 is 55.5 Å². The average molecular weight is 499 g/mol. The SMILES string of the molecule is COC(=O)c1cc(S(=O)(=O)Nc2ccc(NC(=O)c3cnoc3C)cc2C(F)(F)F)ccc1O. The zero-order valence-corrected chi connectivity index (χ0v) is 18.2. The highest BCUT2D eigenvalue weighted by Crippen LogP contribution is 2.38. The molecule has 3 rings (SSSR count). The second-order valence-electron chi connectivity index (χ2n) is 6.78. The number of aryl methyl sites for hydroxylation is 1. The minimum Gasteiger partial charge on any atom is -0.507 e. The zero-order valence-electron chi connectivity index (χ0n) is 17.4. The number of nitrogens with one attached hydrogen (secondary N) is 2. The number of esters is 1. The van der Waals surface area contributed by atoms with E-state index in [1.807, 2.05) is 4.72 Å². The number of carbonyl (C=O) groups is 2. The molecule has 180 valence electrons. The quantitative estimate of drug-likeness (QED) is 0.436. The number of ether oxygens (including phenoxy) is 1. The summed E-state index contributed by atoms with van der Waals surface area (Å²) in [4.78, 5) is 23.3. The molecule has 1 amide bonds. The summed E-state index contributed by atoms with van der Waals surface area (Å²) in [6.07, 6.45) is -3.91. The van der Waals surface area contributed by atoms with Crippen LogP contribution in [0.15, 0.2) is 52.0 Å². The number of aromatic hydroxyl groups is 1. The van der Waals surface area contributed by atoms with Crippen LogP contribution in [-0.2, 0) is 20.9 Å². The minimum atomic E-state index is -5.00. The van der Waals surface area contributed by atoms with Crippen molar-refractivity contribution in [3.8, 4) is 5.75 Å². The van der Waals surface area contributed by atoms with Gasteiger partial charge >= 0.3 is 12.1 Å². The van der Waals surface area contributed by atoms with Gasteiger partial charge in [0, 0.05) is 5.69 Å². The summed E-state index contributed by atoms with van der Waals surface area (Å²) < 4.78 is 77.5. The molecule has 0 unspecified atom stereocenters. The van der Waals surface area contributed by atoms with Gasteiger partial charge in [-0.1, -0.05) is 5.16 Å². The molecule has 0 aliphatic rings. The molecule has 2 aromatic carbocycles. The van der Waals surface area contributed by atoms with Crippen molar-refractivity contribution in [1.29, 1.82) is 0 Å². The summed E-state index contributed by atoms with van der Waals surface area (Å²) in [6.45, 7) is 1.44. The molecule has 3 aromatic rings. The fourth-order valence-electron chi connectivity index (χ4n) is 2.82. The number of carbonyl (C=O) groups excluding carboxylic acids is 2. The van der Waals surface area contributed by atoms with Crippen molar-refractivity contribution in [3.63, 3.8) is 0 Å². The van der Waals surface area contributed by atoms with Crippen molar-refractivity contribution in [2.45, 2.75) is 18.0 Å². The van der Waals surface area contributed by atoms with Crippen molar-refractivity contribution in [2.24, 2.45) is 0 Å². The summed E-state index contributed by atoms with van der Waals surface area (Å²) >= 11 is 0. The van der Waals surface area contributed by atoms with Crippen molar-refractivity contribution in [3.05, 3.63) is 65.0 Å². The van der Waals surface area contributed by atoms with E-state index in [9.17, 15) is 36.3 Å². The Morgan fingerprint density at radius 3 is 2.41 bits per heavy atom. The van der Waals surface area contributed by atoms with Gasteiger partial charge in [-0.2, -0.15) is 13.2 Å². The lowest BCUT2D eigenvalue weighted by molar-refractivity contribution is -0.136. The summed E-state index contributed by atoms with van der Waals surface area (Å²) in [5, 5.41) is 15.4. The van der Waals surface area contributed by atoms with Crippen LogP contribution >= 0.6 is 0 Å². The first kappa shape index (κ1) is 24.6. The van der Waals surface area contributed by atoms with E-state index in [0.29, 0.717) is 6.07 Å². The third kappa shape index (κ3) is 5.11. The predicted molar refractivity (Wildman–Crippen MR) is 111 cm³/mol. The lowest BCUT2D eigenvalue weighted by atomic mass is 10.1. The molecular formula is C20H16F3N3O7S. The van der Waals surface area contributed by atoms with Crippen LogP contribution < -0.4 is 10.0 Å². The number of sulfonamides is 1. The first-order valence-corrected chi connectivity index (χ1v) is 10.7. The number of hydrogen-bond donors (Lipinski definition) is 3. The molecule has 0 spiro atoms. The molecule has 14 heteroatoms. The van der Waals surface area contributed by atoms with Gasteiger partial charge in [0.15, 0.2) is 0 Å². The van der Waals surface area contributed by atoms with Crippen LogP contribution in [0.1, 0.15) is 32.0 Å². The van der Waals surface area contributed by atoms with Crippen LogP contribution in [-0.4, -0.2) is 37.7 Å². The second kappa shape index (κ2) is 9.05. The van der Waals surface area contributed by atoms with Gasteiger partial charge in [0.2, 0.25) is 0 Å². The molecule has 0 saturated heterocycles. The fraction of sp³-hybridized carbons (Fsp3) is 0.150. The Balaban J connectivity index is 1.96. The highest BCUT2D eigenvalue weighted by Gasteiger charge is 2.35. The molecule has 0 radical (unpaired) electrons. The Morgan fingerprint density at radius 1 is 1.12 bits per heavy atom. The van der Waals surface area contributed by atoms with Crippen LogP contribution in [0, 0.1) is 6.92 Å². The van der Waals surface area contributed by atoms with E-state index in [0.717, 1.165) is 43.6 Å². The molecule has 3 N–H and O–H groups in total. The Morgan fingerprint density at radius 2 is 1.82 bits per heavy atom. The van der Waals surface area contributed by atoms with E-state index in [-0.39, 0.29) is 17.0 Å². The van der Waals surface area contributed by atoms with Gasteiger partial charge in [-0.15, -0.1) is 0 Å². The number of alkyl halides is 3. The maximum absolute atomic E-state index is 13.7. The van der Waals surface area contributed by atoms with E-state index in [1.165, 1.54) is 6.92 Å². The number of nitrogens with zero attached hydrogens (tertiary/aromatic N) is 1. The van der Waals surface area contributed by atoms with Crippen molar-refractivity contribution in [2.75, 3.05) is 17.1 Å². The van der Waals surface area contributed by atoms with Crippen LogP contribution in [0.25, 0.3) is 0 Å². The Labute approximate surface area is 190 Å². The van der Waals surface area contributed by atoms with E-state index in [1.54, 1.807) is 0 Å². The molecule has 1 heterocycles. The molecular weight excluding hydrogens is 483 g/mol. The van der Waals surface area contributed by atoms with Crippen molar-refractivity contribution < 1.29 is 45.5 Å². The average Bonchev–Trinajstić information content (AvgIpc) is 3.19. The highest BCUT2D eigenvalue weighted by atomic mass is 32.2. The molecule has 0 aliphatic heterocycles. The number of amides is 1. The topological polar surface area (TPSA) is 148 Å². The number of phenols is 1. The lowest BCUT2D eigenvalue weighted by Gasteiger charge is -2.17. The number of halogens is 3. The Hall–Kier alpha value is -4.07. The first-order chi connectivity index (χ1) is 15.8. The van der Waals surface area contributed by atoms with Crippen LogP contribution in [0.4, 0.5) is 24.5 Å². The molecule has 0 bridgehead atoms. The maximum atomic E-state index is 13.7. The van der Waals surface area contributed by atoms with Gasteiger partial charge in [0.05, 0.1) is 29.5 Å². The van der Waals surface area contributed by atoms with Crippen LogP contribution in [0.5, 0.6) is 5.75 Å². The Bertz CT molecular complexity index is 1370. The van der Waals surface area contributed by atoms with E-state index >= 15 is 0 Å². The standard InChI is InChI=1S/C20H16F3N3O7S/c1-10-14(9-24-33-10)18(28)25-11-3-5-16(15(7-11)20(21,22)23)26-34(30,31)12-4-6-17(27)13(8-12)19(29)32-2/h3-9,26-27H,1-2H3,(H,25,28). The number of hydrogen-bond acceptors (Lipinski definition) is 8. The molecule has 34 heavy (non-hydrogen) atoms. The molecule has 0 saturated carbocycles. The second-order valence-corrected chi connectivity index (χ2v) is 8.47. The summed E-state index contributed by atoms with van der Waals surface area (Å²) in [5.41, 5.74) is -2.98. The summed E-state index contributed by atoms with van der Waals surface area (Å²) in [5.74, 6) is -2.25. The lowest BCUT2D eigenvalue weighted by Crippen LogP contribution is -2.19.